The van der Waals surface area contributed by atoms with Crippen molar-refractivity contribution in [2.45, 2.75) is 110 Å². The number of likely N-dealkylation sites (tertiary alicyclic amines) is 1. The summed E-state index contributed by atoms with van der Waals surface area (Å²) in [5, 5.41) is 14.8. The van der Waals surface area contributed by atoms with Crippen LogP contribution in [-0.4, -0.2) is 54.8 Å². The van der Waals surface area contributed by atoms with Crippen LogP contribution in [0.3, 0.4) is 0 Å². The summed E-state index contributed by atoms with van der Waals surface area (Å²) in [6, 6.07) is 5.19. The highest BCUT2D eigenvalue weighted by Crippen LogP contribution is 2.38. The lowest BCUT2D eigenvalue weighted by atomic mass is 9.89. The van der Waals surface area contributed by atoms with Crippen molar-refractivity contribution in [3.05, 3.63) is 47.0 Å². The number of nitrogens with zero attached hydrogens (tertiary/aromatic N) is 5. The third-order valence-electron chi connectivity index (χ3n) is 8.33. The lowest BCUT2D eigenvalue weighted by Crippen LogP contribution is -2.32. The molecule has 1 saturated heterocycles. The molecule has 4 heterocycles. The van der Waals surface area contributed by atoms with Gasteiger partial charge < -0.3 is 15.0 Å². The molecule has 5 rings (SSSR count). The van der Waals surface area contributed by atoms with Crippen molar-refractivity contribution in [3.63, 3.8) is 0 Å². The SMILES string of the molecule is CCC[C@H](C)Nc1ncc2c(C3CCN(Cc4cc(C)nc(C)c4)CC3)cn(C3CCC(O)CC3)c2n1. The average Bonchev–Trinajstić information content (AvgIpc) is 3.23. The molecule has 200 valence electrons. The van der Waals surface area contributed by atoms with E-state index in [0.717, 1.165) is 94.0 Å². The zero-order chi connectivity index (χ0) is 25.9. The number of aliphatic hydroxyl groups is 1. The van der Waals surface area contributed by atoms with Gasteiger partial charge in [-0.1, -0.05) is 13.3 Å². The highest BCUT2D eigenvalue weighted by atomic mass is 16.3. The molecule has 7 nitrogen and oxygen atoms in total. The van der Waals surface area contributed by atoms with E-state index in [1.807, 2.05) is 0 Å². The van der Waals surface area contributed by atoms with Crippen LogP contribution in [0.2, 0.25) is 0 Å². The van der Waals surface area contributed by atoms with Crippen molar-refractivity contribution in [2.75, 3.05) is 18.4 Å². The van der Waals surface area contributed by atoms with Gasteiger partial charge in [-0.3, -0.25) is 9.88 Å². The quantitative estimate of drug-likeness (QED) is 0.398. The van der Waals surface area contributed by atoms with Gasteiger partial charge in [-0.15, -0.1) is 0 Å². The van der Waals surface area contributed by atoms with Crippen LogP contribution < -0.4 is 5.32 Å². The van der Waals surface area contributed by atoms with Crippen LogP contribution in [0.15, 0.2) is 24.5 Å². The predicted molar refractivity (Wildman–Crippen MR) is 150 cm³/mol. The Balaban J connectivity index is 1.36. The Morgan fingerprint density at radius 1 is 1.03 bits per heavy atom. The van der Waals surface area contributed by atoms with E-state index in [1.165, 1.54) is 16.5 Å². The second-order valence-electron chi connectivity index (χ2n) is 11.5. The Labute approximate surface area is 221 Å². The van der Waals surface area contributed by atoms with Gasteiger partial charge in [-0.05, 0) is 108 Å². The molecule has 1 saturated carbocycles. The number of hydrogen-bond donors (Lipinski definition) is 2. The predicted octanol–water partition coefficient (Wildman–Crippen LogP) is 5.90. The van der Waals surface area contributed by atoms with Crippen molar-refractivity contribution in [2.24, 2.45) is 0 Å². The average molecular weight is 505 g/mol. The summed E-state index contributed by atoms with van der Waals surface area (Å²) < 4.78 is 2.42. The van der Waals surface area contributed by atoms with Crippen molar-refractivity contribution < 1.29 is 5.11 Å². The van der Waals surface area contributed by atoms with Crippen LogP contribution in [0, 0.1) is 13.8 Å². The molecule has 0 aromatic carbocycles. The Hall–Kier alpha value is -2.51. The molecule has 2 N–H and O–H groups in total. The fraction of sp³-hybridized carbons (Fsp3) is 0.633. The molecule has 3 aromatic rings. The molecule has 37 heavy (non-hydrogen) atoms. The summed E-state index contributed by atoms with van der Waals surface area (Å²) in [4.78, 5) is 16.9. The second-order valence-corrected chi connectivity index (χ2v) is 11.5. The number of aromatic nitrogens is 4. The summed E-state index contributed by atoms with van der Waals surface area (Å²) in [6.07, 6.45) is 12.6. The largest absolute Gasteiger partial charge is 0.393 e. The molecule has 0 bridgehead atoms. The summed E-state index contributed by atoms with van der Waals surface area (Å²) in [7, 11) is 0. The van der Waals surface area contributed by atoms with E-state index in [2.05, 4.69) is 72.0 Å². The van der Waals surface area contributed by atoms with Crippen molar-refractivity contribution in [1.82, 2.24) is 24.4 Å². The van der Waals surface area contributed by atoms with Gasteiger partial charge in [-0.2, -0.15) is 4.98 Å². The molecule has 3 aromatic heterocycles. The third kappa shape index (κ3) is 6.15. The highest BCUT2D eigenvalue weighted by molar-refractivity contribution is 5.81. The Morgan fingerprint density at radius 2 is 1.73 bits per heavy atom. The van der Waals surface area contributed by atoms with Crippen LogP contribution in [0.25, 0.3) is 11.0 Å². The zero-order valence-corrected chi connectivity index (χ0v) is 23.1. The minimum absolute atomic E-state index is 0.156. The first-order valence-corrected chi connectivity index (χ1v) is 14.4. The van der Waals surface area contributed by atoms with Crippen molar-refractivity contribution >= 4 is 17.0 Å². The summed E-state index contributed by atoms with van der Waals surface area (Å²) in [6.45, 7) is 11.8. The van der Waals surface area contributed by atoms with Crippen LogP contribution in [0.5, 0.6) is 0 Å². The standard InChI is InChI=1S/C30H44N6O/c1-5-6-20(2)33-30-31-17-27-28(19-36(29(27)34-30)25-7-9-26(37)10-8-25)24-11-13-35(14-12-24)18-23-15-21(3)32-22(4)16-23/h15-17,19-20,24-26,37H,5-14,18H2,1-4H3,(H,31,33,34)/t20-,25?,26?/m0/s1. The molecule has 1 aliphatic heterocycles. The Kier molecular flexibility index (Phi) is 8.10. The van der Waals surface area contributed by atoms with Gasteiger partial charge in [0.05, 0.1) is 6.10 Å². The number of aryl methyl sites for hydroxylation is 2. The lowest BCUT2D eigenvalue weighted by Gasteiger charge is -2.32. The molecule has 0 spiro atoms. The van der Waals surface area contributed by atoms with E-state index in [1.54, 1.807) is 0 Å². The third-order valence-corrected chi connectivity index (χ3v) is 8.33. The zero-order valence-electron chi connectivity index (χ0n) is 23.1. The first-order chi connectivity index (χ1) is 17.9. The van der Waals surface area contributed by atoms with E-state index in [0.29, 0.717) is 18.0 Å². The molecule has 2 aliphatic rings. The van der Waals surface area contributed by atoms with Gasteiger partial charge in [0, 0.05) is 47.8 Å². The summed E-state index contributed by atoms with van der Waals surface area (Å²) in [5.74, 6) is 1.25. The maximum absolute atomic E-state index is 10.1. The minimum atomic E-state index is -0.156. The monoisotopic (exact) mass is 504 g/mol. The number of fused-ring (bicyclic) bond motifs is 1. The smallest absolute Gasteiger partial charge is 0.224 e. The van der Waals surface area contributed by atoms with Crippen molar-refractivity contribution in [3.8, 4) is 0 Å². The van der Waals surface area contributed by atoms with Crippen LogP contribution >= 0.6 is 0 Å². The molecule has 1 atom stereocenters. The van der Waals surface area contributed by atoms with Gasteiger partial charge in [0.25, 0.3) is 0 Å². The van der Waals surface area contributed by atoms with E-state index < -0.39 is 0 Å². The molecule has 2 fully saturated rings. The Morgan fingerprint density at radius 3 is 2.41 bits per heavy atom. The van der Waals surface area contributed by atoms with Crippen LogP contribution in [-0.2, 0) is 6.54 Å². The number of rotatable bonds is 8. The van der Waals surface area contributed by atoms with E-state index in [-0.39, 0.29) is 6.10 Å². The molecule has 0 amide bonds. The van der Waals surface area contributed by atoms with Gasteiger partial charge in [-0.25, -0.2) is 4.98 Å². The van der Waals surface area contributed by atoms with E-state index in [4.69, 9.17) is 9.97 Å². The van der Waals surface area contributed by atoms with Gasteiger partial charge >= 0.3 is 0 Å². The van der Waals surface area contributed by atoms with Crippen LogP contribution in [0.1, 0.15) is 99.7 Å². The number of piperidine rings is 1. The van der Waals surface area contributed by atoms with Crippen LogP contribution in [0.4, 0.5) is 5.95 Å². The molecule has 7 heteroatoms. The van der Waals surface area contributed by atoms with E-state index in [9.17, 15) is 5.11 Å². The first kappa shape index (κ1) is 26.1. The molecule has 0 radical (unpaired) electrons. The molecule has 0 unspecified atom stereocenters. The topological polar surface area (TPSA) is 79.1 Å². The second kappa shape index (κ2) is 11.5. The number of anilines is 1. The number of hydrogen-bond acceptors (Lipinski definition) is 6. The fourth-order valence-corrected chi connectivity index (χ4v) is 6.46. The minimum Gasteiger partial charge on any atom is -0.393 e. The first-order valence-electron chi connectivity index (χ1n) is 14.4. The van der Waals surface area contributed by atoms with Crippen molar-refractivity contribution in [1.29, 1.82) is 0 Å². The lowest BCUT2D eigenvalue weighted by molar-refractivity contribution is 0.111. The summed E-state index contributed by atoms with van der Waals surface area (Å²) in [5.41, 5.74) is 6.04. The maximum atomic E-state index is 10.1. The fourth-order valence-electron chi connectivity index (χ4n) is 6.46. The van der Waals surface area contributed by atoms with Gasteiger partial charge in [0.15, 0.2) is 0 Å². The number of pyridine rings is 1. The van der Waals surface area contributed by atoms with E-state index >= 15 is 0 Å². The normalized spacial score (nSPS) is 22.4. The number of nitrogens with one attached hydrogen (secondary N) is 1. The highest BCUT2D eigenvalue weighted by Gasteiger charge is 2.28. The van der Waals surface area contributed by atoms with Gasteiger partial charge in [0.1, 0.15) is 5.65 Å². The molecule has 1 aliphatic carbocycles. The van der Waals surface area contributed by atoms with Gasteiger partial charge in [0.2, 0.25) is 5.95 Å². The number of aliphatic hydroxyl groups excluding tert-OH is 1. The molecular weight excluding hydrogens is 460 g/mol. The molecular formula is C30H44N6O. The summed E-state index contributed by atoms with van der Waals surface area (Å²) >= 11 is 0. The Bertz CT molecular complexity index is 1170. The maximum Gasteiger partial charge on any atom is 0.224 e.